The van der Waals surface area contributed by atoms with E-state index in [1.807, 2.05) is 37.8 Å². The molecule has 1 aromatic heterocycles. The summed E-state index contributed by atoms with van der Waals surface area (Å²) in [5.74, 6) is 2.06. The number of rotatable bonds is 7. The van der Waals surface area contributed by atoms with Crippen molar-refractivity contribution in [1.82, 2.24) is 20.1 Å². The number of benzene rings is 1. The van der Waals surface area contributed by atoms with Crippen molar-refractivity contribution in [3.05, 3.63) is 58.5 Å². The molecular formula is C39H53ClN6O4. The maximum absolute atomic E-state index is 13.4. The highest BCUT2D eigenvalue weighted by Crippen LogP contribution is 2.55. The first-order valence-electron chi connectivity index (χ1n) is 18.1. The first-order chi connectivity index (χ1) is 23.5. The van der Waals surface area contributed by atoms with Gasteiger partial charge in [-0.3, -0.25) is 4.79 Å². The lowest BCUT2D eigenvalue weighted by molar-refractivity contribution is -0.164. The number of carbonyl (C=O) groups is 2. The highest BCUT2D eigenvalue weighted by molar-refractivity contribution is 6.33. The van der Waals surface area contributed by atoms with Gasteiger partial charge in [0.15, 0.2) is 0 Å². The van der Waals surface area contributed by atoms with E-state index in [0.717, 1.165) is 77.3 Å². The van der Waals surface area contributed by atoms with Gasteiger partial charge in [0.05, 0.1) is 17.2 Å². The summed E-state index contributed by atoms with van der Waals surface area (Å²) in [7, 11) is 0. The van der Waals surface area contributed by atoms with E-state index in [2.05, 4.69) is 47.7 Å². The van der Waals surface area contributed by atoms with Gasteiger partial charge in [-0.05, 0) is 89.7 Å². The molecule has 0 atom stereocenters. The fourth-order valence-corrected chi connectivity index (χ4v) is 9.18. The summed E-state index contributed by atoms with van der Waals surface area (Å²) >= 11 is 6.25. The Morgan fingerprint density at radius 1 is 1.02 bits per heavy atom. The van der Waals surface area contributed by atoms with Crippen molar-refractivity contribution in [2.75, 3.05) is 50.7 Å². The van der Waals surface area contributed by atoms with Crippen LogP contribution in [0.5, 0.6) is 5.75 Å². The molecule has 11 heteroatoms. The van der Waals surface area contributed by atoms with Gasteiger partial charge in [-0.15, -0.1) is 0 Å². The zero-order valence-electron chi connectivity index (χ0n) is 30.7. The molecule has 1 spiro atoms. The third-order valence-corrected chi connectivity index (χ3v) is 11.8. The number of nitrogens with zero attached hydrogens (tertiary/aromatic N) is 5. The Bertz CT molecular complexity index is 1590. The van der Waals surface area contributed by atoms with Crippen molar-refractivity contribution >= 4 is 35.1 Å². The normalized spacial score (nSPS) is 24.5. The number of hydrogen-bond acceptors (Lipinski definition) is 7. The lowest BCUT2D eigenvalue weighted by atomic mass is 9.49. The molecule has 4 heterocycles. The van der Waals surface area contributed by atoms with Gasteiger partial charge >= 0.3 is 6.09 Å². The van der Waals surface area contributed by atoms with E-state index in [9.17, 15) is 9.59 Å². The number of pyridine rings is 1. The van der Waals surface area contributed by atoms with Crippen LogP contribution in [-0.2, 0) is 4.74 Å². The topological polar surface area (TPSA) is 91.6 Å². The minimum absolute atomic E-state index is 0.115. The number of hydrogen-bond donors (Lipinski definition) is 1. The van der Waals surface area contributed by atoms with Crippen LogP contribution < -0.4 is 15.0 Å². The van der Waals surface area contributed by atoms with Gasteiger partial charge in [-0.25, -0.2) is 14.6 Å². The molecule has 3 aliphatic heterocycles. The van der Waals surface area contributed by atoms with Crippen molar-refractivity contribution in [2.45, 2.75) is 91.9 Å². The first-order valence-corrected chi connectivity index (χ1v) is 18.4. The predicted molar refractivity (Wildman–Crippen MR) is 196 cm³/mol. The van der Waals surface area contributed by atoms with Gasteiger partial charge in [-0.1, -0.05) is 45.4 Å². The van der Waals surface area contributed by atoms with Crippen LogP contribution in [0.2, 0.25) is 5.02 Å². The van der Waals surface area contributed by atoms with Crippen LogP contribution in [0.4, 0.5) is 16.3 Å². The SMILES string of the molecule is [C-]#[N+]c1ccc(OC2C(C)(C)C(NC(=O)c3ccc(N4CCC(CN5CCC6(CC5)CN(C(=O)OC(C)(C)C)C6)CC4)nc3)C2(C)C)cc1Cl. The van der Waals surface area contributed by atoms with Crippen LogP contribution in [0.3, 0.4) is 0 Å². The molecule has 10 nitrogen and oxygen atoms in total. The molecule has 4 aliphatic rings. The Morgan fingerprint density at radius 3 is 2.24 bits per heavy atom. The summed E-state index contributed by atoms with van der Waals surface area (Å²) in [6.45, 7) is 28.3. The van der Waals surface area contributed by atoms with Crippen LogP contribution in [0.1, 0.15) is 84.5 Å². The average molecular weight is 705 g/mol. The fraction of sp³-hybridized carbons (Fsp3) is 0.641. The highest BCUT2D eigenvalue weighted by Gasteiger charge is 2.64. The summed E-state index contributed by atoms with van der Waals surface area (Å²) in [4.78, 5) is 40.8. The van der Waals surface area contributed by atoms with Crippen molar-refractivity contribution in [1.29, 1.82) is 0 Å². The minimum atomic E-state index is -0.450. The molecule has 0 radical (unpaired) electrons. The summed E-state index contributed by atoms with van der Waals surface area (Å²) in [6.07, 6.45) is 5.90. The predicted octanol–water partition coefficient (Wildman–Crippen LogP) is 7.45. The second kappa shape index (κ2) is 13.5. The Labute approximate surface area is 302 Å². The van der Waals surface area contributed by atoms with E-state index in [1.54, 1.807) is 24.4 Å². The van der Waals surface area contributed by atoms with E-state index < -0.39 is 5.60 Å². The number of ether oxygens (including phenoxy) is 2. The average Bonchev–Trinajstić information content (AvgIpc) is 3.05. The van der Waals surface area contributed by atoms with E-state index in [0.29, 0.717) is 27.9 Å². The molecule has 1 aromatic carbocycles. The Morgan fingerprint density at radius 2 is 1.68 bits per heavy atom. The molecule has 1 N–H and O–H groups in total. The molecule has 1 aliphatic carbocycles. The van der Waals surface area contributed by atoms with Crippen LogP contribution >= 0.6 is 11.6 Å². The van der Waals surface area contributed by atoms with Gasteiger partial charge in [0.2, 0.25) is 5.69 Å². The number of likely N-dealkylation sites (tertiary alicyclic amines) is 2. The number of piperidine rings is 2. The standard InChI is InChI=1S/C39H53ClN6O4/c1-36(2,3)50-35(48)46-24-39(25-46)15-19-44(20-16-39)23-26-13-17-45(18-14-26)31-12-9-27(22-42-31)32(47)43-33-37(4,5)34(38(33,6)7)49-28-10-11-30(41-8)29(40)21-28/h9-12,21-22,26,33-34H,13-20,23-25H2,1-7H3,(H,43,47). The summed E-state index contributed by atoms with van der Waals surface area (Å²) < 4.78 is 11.9. The molecule has 270 valence electrons. The molecule has 6 rings (SSSR count). The van der Waals surface area contributed by atoms with Gasteiger partial charge in [-0.2, -0.15) is 0 Å². The monoisotopic (exact) mass is 704 g/mol. The summed E-state index contributed by atoms with van der Waals surface area (Å²) in [6, 6.07) is 8.87. The van der Waals surface area contributed by atoms with Gasteiger partial charge < -0.3 is 29.5 Å². The van der Waals surface area contributed by atoms with E-state index in [-0.39, 0.29) is 40.4 Å². The second-order valence-electron chi connectivity index (χ2n) is 17.2. The second-order valence-corrected chi connectivity index (χ2v) is 17.7. The van der Waals surface area contributed by atoms with Gasteiger partial charge in [0.1, 0.15) is 23.3 Å². The summed E-state index contributed by atoms with van der Waals surface area (Å²) in [5, 5.41) is 3.63. The van der Waals surface area contributed by atoms with E-state index in [1.165, 1.54) is 0 Å². The Hall–Kier alpha value is -3.55. The highest BCUT2D eigenvalue weighted by atomic mass is 35.5. The maximum Gasteiger partial charge on any atom is 0.410 e. The largest absolute Gasteiger partial charge is 0.489 e. The number of carbonyl (C=O) groups excluding carboxylic acids is 2. The molecule has 1 saturated carbocycles. The van der Waals surface area contributed by atoms with Crippen molar-refractivity contribution in [3.8, 4) is 5.75 Å². The Balaban J connectivity index is 0.938. The molecule has 0 unspecified atom stereocenters. The zero-order valence-corrected chi connectivity index (χ0v) is 31.5. The molecular weight excluding hydrogens is 652 g/mol. The number of anilines is 1. The van der Waals surface area contributed by atoms with Crippen LogP contribution in [0.25, 0.3) is 4.85 Å². The molecule has 3 saturated heterocycles. The van der Waals surface area contributed by atoms with E-state index in [4.69, 9.17) is 32.6 Å². The number of halogens is 1. The first kappa shape index (κ1) is 36.2. The van der Waals surface area contributed by atoms with Gasteiger partial charge in [0.25, 0.3) is 5.91 Å². The fourth-order valence-electron chi connectivity index (χ4n) is 8.96. The van der Waals surface area contributed by atoms with E-state index >= 15 is 0 Å². The number of amides is 2. The maximum atomic E-state index is 13.4. The number of nitrogens with one attached hydrogen (secondary N) is 1. The van der Waals surface area contributed by atoms with Crippen molar-refractivity contribution in [2.24, 2.45) is 22.2 Å². The quantitative estimate of drug-likeness (QED) is 0.300. The lowest BCUT2D eigenvalue weighted by Crippen LogP contribution is -2.74. The zero-order chi connectivity index (χ0) is 36.1. The van der Waals surface area contributed by atoms with Crippen LogP contribution in [0.15, 0.2) is 36.5 Å². The molecule has 4 fully saturated rings. The third-order valence-electron chi connectivity index (χ3n) is 11.5. The molecule has 0 bridgehead atoms. The minimum Gasteiger partial charge on any atom is -0.489 e. The van der Waals surface area contributed by atoms with Crippen molar-refractivity contribution < 1.29 is 19.1 Å². The van der Waals surface area contributed by atoms with Crippen LogP contribution in [0, 0.1) is 28.7 Å². The third kappa shape index (κ3) is 7.41. The Kier molecular flexibility index (Phi) is 9.81. The number of aromatic nitrogens is 1. The molecule has 50 heavy (non-hydrogen) atoms. The smallest absolute Gasteiger partial charge is 0.410 e. The lowest BCUT2D eigenvalue weighted by Gasteiger charge is -2.63. The molecule has 2 aromatic rings. The van der Waals surface area contributed by atoms with Crippen molar-refractivity contribution in [3.63, 3.8) is 0 Å². The molecule has 2 amide bonds. The van der Waals surface area contributed by atoms with Crippen LogP contribution in [-0.4, -0.2) is 90.3 Å². The van der Waals surface area contributed by atoms with Gasteiger partial charge in [0, 0.05) is 61.2 Å². The summed E-state index contributed by atoms with van der Waals surface area (Å²) in [5.41, 5.74) is 0.0941.